The highest BCUT2D eigenvalue weighted by Crippen LogP contribution is 2.27. The molecule has 0 spiro atoms. The van der Waals surface area contributed by atoms with Crippen LogP contribution in [0.25, 0.3) is 0 Å². The minimum Gasteiger partial charge on any atom is -0.491 e. The molecule has 2 aromatic rings. The topological polar surface area (TPSA) is 117 Å². The molecule has 1 aliphatic heterocycles. The van der Waals surface area contributed by atoms with E-state index in [4.69, 9.17) is 9.47 Å². The highest BCUT2D eigenvalue weighted by Gasteiger charge is 2.30. The molecule has 0 saturated carbocycles. The van der Waals surface area contributed by atoms with Gasteiger partial charge in [0.2, 0.25) is 0 Å². The van der Waals surface area contributed by atoms with Gasteiger partial charge in [0.1, 0.15) is 12.4 Å². The molecule has 0 aromatic heterocycles. The Kier molecular flexibility index (Phi) is 9.61. The van der Waals surface area contributed by atoms with Crippen LogP contribution in [-0.4, -0.2) is 82.2 Å². The quantitative estimate of drug-likeness (QED) is 0.594. The number of nitrogens with zero attached hydrogens (tertiary/aromatic N) is 2. The standard InChI is InChI=1S/C27H38N4O6S/c1-18(2)28-27(33)31-15-19(3)25(36-6)16-30(5)26(32)23-14-21(12-13-24(23)37-17-20(31)4)29-38(34,35)22-10-8-7-9-11-22/h7-14,18-20,25,29H,15-17H2,1-6H3,(H,28,33)/t19-,20+,25-/m1/s1. The lowest BCUT2D eigenvalue weighted by Crippen LogP contribution is -2.52. The molecule has 1 heterocycles. The van der Waals surface area contributed by atoms with Crippen molar-refractivity contribution in [1.29, 1.82) is 0 Å². The summed E-state index contributed by atoms with van der Waals surface area (Å²) in [6, 6.07) is 12.0. The van der Waals surface area contributed by atoms with Crippen molar-refractivity contribution < 1.29 is 27.5 Å². The molecule has 2 N–H and O–H groups in total. The second-order valence-corrected chi connectivity index (χ2v) is 11.7. The van der Waals surface area contributed by atoms with Gasteiger partial charge in [-0.05, 0) is 51.1 Å². The zero-order valence-corrected chi connectivity index (χ0v) is 23.6. The fourth-order valence-electron chi connectivity index (χ4n) is 4.27. The van der Waals surface area contributed by atoms with Crippen LogP contribution in [-0.2, 0) is 14.8 Å². The first-order valence-corrected chi connectivity index (χ1v) is 14.1. The number of carbonyl (C=O) groups excluding carboxylic acids is 2. The molecule has 208 valence electrons. The van der Waals surface area contributed by atoms with E-state index >= 15 is 0 Å². The summed E-state index contributed by atoms with van der Waals surface area (Å²) in [6.07, 6.45) is -0.339. The van der Waals surface area contributed by atoms with Crippen molar-refractivity contribution in [3.63, 3.8) is 0 Å². The normalized spacial score (nSPS) is 21.1. The number of urea groups is 1. The minimum absolute atomic E-state index is 0.0342. The number of hydrogen-bond donors (Lipinski definition) is 2. The molecule has 38 heavy (non-hydrogen) atoms. The van der Waals surface area contributed by atoms with Crippen LogP contribution in [0.2, 0.25) is 0 Å². The molecule has 10 nitrogen and oxygen atoms in total. The van der Waals surface area contributed by atoms with E-state index in [-0.39, 0.29) is 65.3 Å². The first kappa shape index (κ1) is 29.2. The maximum absolute atomic E-state index is 13.5. The van der Waals surface area contributed by atoms with E-state index in [2.05, 4.69) is 10.0 Å². The number of likely N-dealkylation sites (N-methyl/N-ethyl adjacent to an activating group) is 1. The molecule has 3 amide bonds. The Balaban J connectivity index is 1.97. The van der Waals surface area contributed by atoms with Crippen LogP contribution in [0.1, 0.15) is 38.1 Å². The molecule has 0 saturated heterocycles. The summed E-state index contributed by atoms with van der Waals surface area (Å²) in [5.41, 5.74) is 0.432. The zero-order valence-electron chi connectivity index (χ0n) is 22.8. The molecular weight excluding hydrogens is 508 g/mol. The summed E-state index contributed by atoms with van der Waals surface area (Å²) in [5.74, 6) is -0.126. The van der Waals surface area contributed by atoms with Crippen LogP contribution in [0, 0.1) is 5.92 Å². The number of sulfonamides is 1. The fourth-order valence-corrected chi connectivity index (χ4v) is 5.34. The molecule has 11 heteroatoms. The number of ether oxygens (including phenoxy) is 2. The average Bonchev–Trinajstić information content (AvgIpc) is 2.87. The predicted molar refractivity (Wildman–Crippen MR) is 146 cm³/mol. The van der Waals surface area contributed by atoms with Crippen LogP contribution in [0.15, 0.2) is 53.4 Å². The third-order valence-corrected chi connectivity index (χ3v) is 7.82. The molecule has 3 rings (SSSR count). The molecule has 0 fully saturated rings. The molecule has 1 aliphatic rings. The average molecular weight is 547 g/mol. The molecule has 3 atom stereocenters. The molecule has 2 aromatic carbocycles. The SMILES string of the molecule is CO[C@@H]1CN(C)C(=O)c2cc(NS(=O)(=O)c3ccccc3)ccc2OC[C@H](C)N(C(=O)NC(C)C)C[C@H]1C. The van der Waals surface area contributed by atoms with Gasteiger partial charge in [-0.15, -0.1) is 0 Å². The lowest BCUT2D eigenvalue weighted by Gasteiger charge is -2.36. The number of carbonyl (C=O) groups is 2. The van der Waals surface area contributed by atoms with E-state index < -0.39 is 10.0 Å². The lowest BCUT2D eigenvalue weighted by atomic mass is 10.0. The summed E-state index contributed by atoms with van der Waals surface area (Å²) in [7, 11) is -0.613. The third kappa shape index (κ3) is 7.16. The van der Waals surface area contributed by atoms with E-state index in [9.17, 15) is 18.0 Å². The van der Waals surface area contributed by atoms with Gasteiger partial charge < -0.3 is 24.6 Å². The molecule has 0 aliphatic carbocycles. The summed E-state index contributed by atoms with van der Waals surface area (Å²) >= 11 is 0. The number of anilines is 1. The summed E-state index contributed by atoms with van der Waals surface area (Å²) in [4.78, 5) is 29.9. The van der Waals surface area contributed by atoms with Crippen LogP contribution < -0.4 is 14.8 Å². The third-order valence-electron chi connectivity index (χ3n) is 6.42. The van der Waals surface area contributed by atoms with Gasteiger partial charge in [0.15, 0.2) is 0 Å². The van der Waals surface area contributed by atoms with Gasteiger partial charge in [0.25, 0.3) is 15.9 Å². The molecular formula is C27H38N4O6S. The van der Waals surface area contributed by atoms with Crippen molar-refractivity contribution in [3.05, 3.63) is 54.1 Å². The largest absolute Gasteiger partial charge is 0.491 e. The Bertz CT molecular complexity index is 1220. The van der Waals surface area contributed by atoms with Gasteiger partial charge in [-0.1, -0.05) is 25.1 Å². The Labute approximate surface area is 225 Å². The molecule has 0 unspecified atom stereocenters. The Morgan fingerprint density at radius 3 is 2.42 bits per heavy atom. The maximum atomic E-state index is 13.5. The fraction of sp³-hybridized carbons (Fsp3) is 0.481. The van der Waals surface area contributed by atoms with Crippen molar-refractivity contribution >= 4 is 27.6 Å². The summed E-state index contributed by atoms with van der Waals surface area (Å²) < 4.78 is 40.0. The van der Waals surface area contributed by atoms with Gasteiger partial charge in [0.05, 0.1) is 22.6 Å². The van der Waals surface area contributed by atoms with E-state index in [1.165, 1.54) is 23.1 Å². The number of rotatable bonds is 5. The van der Waals surface area contributed by atoms with Gasteiger partial charge >= 0.3 is 6.03 Å². The van der Waals surface area contributed by atoms with Crippen molar-refractivity contribution in [2.45, 2.75) is 50.8 Å². The number of benzene rings is 2. The van der Waals surface area contributed by atoms with Crippen LogP contribution in [0.4, 0.5) is 10.5 Å². The minimum atomic E-state index is -3.85. The van der Waals surface area contributed by atoms with E-state index in [1.54, 1.807) is 49.4 Å². The zero-order chi connectivity index (χ0) is 28.0. The first-order chi connectivity index (χ1) is 17.9. The van der Waals surface area contributed by atoms with E-state index in [0.29, 0.717) is 12.3 Å². The Morgan fingerprint density at radius 1 is 1.11 bits per heavy atom. The number of methoxy groups -OCH3 is 1. The summed E-state index contributed by atoms with van der Waals surface area (Å²) in [5, 5.41) is 2.95. The Morgan fingerprint density at radius 2 is 1.79 bits per heavy atom. The van der Waals surface area contributed by atoms with E-state index in [1.807, 2.05) is 27.7 Å². The highest BCUT2D eigenvalue weighted by atomic mass is 32.2. The molecule has 0 radical (unpaired) electrons. The van der Waals surface area contributed by atoms with Gasteiger partial charge in [-0.25, -0.2) is 13.2 Å². The number of fused-ring (bicyclic) bond motifs is 1. The Hall–Kier alpha value is -3.31. The van der Waals surface area contributed by atoms with Gasteiger partial charge in [-0.3, -0.25) is 9.52 Å². The number of hydrogen-bond acceptors (Lipinski definition) is 6. The van der Waals surface area contributed by atoms with Crippen molar-refractivity contribution in [2.75, 3.05) is 38.6 Å². The molecule has 0 bridgehead atoms. The second kappa shape index (κ2) is 12.5. The van der Waals surface area contributed by atoms with E-state index in [0.717, 1.165) is 0 Å². The lowest BCUT2D eigenvalue weighted by molar-refractivity contribution is 0.0165. The second-order valence-electron chi connectivity index (χ2n) is 9.98. The highest BCUT2D eigenvalue weighted by molar-refractivity contribution is 7.92. The number of nitrogens with one attached hydrogen (secondary N) is 2. The van der Waals surface area contributed by atoms with Crippen molar-refractivity contribution in [3.8, 4) is 5.75 Å². The van der Waals surface area contributed by atoms with Crippen LogP contribution in [0.3, 0.4) is 0 Å². The maximum Gasteiger partial charge on any atom is 0.317 e. The number of amides is 3. The van der Waals surface area contributed by atoms with Crippen LogP contribution in [0.5, 0.6) is 5.75 Å². The smallest absolute Gasteiger partial charge is 0.317 e. The van der Waals surface area contributed by atoms with Crippen molar-refractivity contribution in [1.82, 2.24) is 15.1 Å². The first-order valence-electron chi connectivity index (χ1n) is 12.6. The van der Waals surface area contributed by atoms with Gasteiger partial charge in [0, 0.05) is 44.9 Å². The van der Waals surface area contributed by atoms with Gasteiger partial charge in [-0.2, -0.15) is 0 Å². The van der Waals surface area contributed by atoms with Crippen molar-refractivity contribution in [2.24, 2.45) is 5.92 Å². The monoisotopic (exact) mass is 546 g/mol. The summed E-state index contributed by atoms with van der Waals surface area (Å²) in [6.45, 7) is 8.48. The van der Waals surface area contributed by atoms with Crippen LogP contribution >= 0.6 is 0 Å². The predicted octanol–water partition coefficient (Wildman–Crippen LogP) is 3.41.